The molecule has 0 fully saturated rings. The predicted octanol–water partition coefficient (Wildman–Crippen LogP) is 1.26. The van der Waals surface area contributed by atoms with Gasteiger partial charge in [0.15, 0.2) is 11.6 Å². The average molecular weight is 318 g/mol. The Morgan fingerprint density at radius 3 is 2.00 bits per heavy atom. The number of nitrogen functional groups attached to an aromatic ring is 1. The van der Waals surface area contributed by atoms with E-state index in [1.54, 1.807) is 12.1 Å². The molecule has 0 saturated heterocycles. The van der Waals surface area contributed by atoms with E-state index >= 15 is 0 Å². The van der Waals surface area contributed by atoms with E-state index in [0.717, 1.165) is 0 Å². The second kappa shape index (κ2) is 4.65. The zero-order valence-electron chi connectivity index (χ0n) is 11.0. The summed E-state index contributed by atoms with van der Waals surface area (Å²) in [5.74, 6) is -1.01. The molecule has 22 heavy (non-hydrogen) atoms. The molecule has 0 aromatic heterocycles. The number of hydrogen-bond donors (Lipinski definition) is 3. The Morgan fingerprint density at radius 1 is 0.909 bits per heavy atom. The second-order valence-corrected chi connectivity index (χ2v) is 5.89. The van der Waals surface area contributed by atoms with Crippen molar-refractivity contribution < 1.29 is 22.6 Å². The molecule has 0 saturated carbocycles. The van der Waals surface area contributed by atoms with E-state index in [2.05, 4.69) is 0 Å². The van der Waals surface area contributed by atoms with Crippen LogP contribution in [0, 0.1) is 0 Å². The van der Waals surface area contributed by atoms with Crippen molar-refractivity contribution in [1.29, 1.82) is 0 Å². The van der Waals surface area contributed by atoms with Crippen LogP contribution in [0.1, 0.15) is 31.8 Å². The number of nitrogens with one attached hydrogen (secondary N) is 1. The summed E-state index contributed by atoms with van der Waals surface area (Å²) in [5.41, 5.74) is 5.76. The highest BCUT2D eigenvalue weighted by Gasteiger charge is 2.33. The van der Waals surface area contributed by atoms with E-state index in [9.17, 15) is 18.0 Å². The molecular formula is C14H10N2O5S. The summed E-state index contributed by atoms with van der Waals surface area (Å²) in [7, 11) is -4.60. The Bertz CT molecular complexity index is 934. The van der Waals surface area contributed by atoms with Gasteiger partial charge in [0.05, 0.1) is 16.8 Å². The molecular weight excluding hydrogens is 308 g/mol. The molecule has 2 aromatic carbocycles. The Hall–Kier alpha value is -2.71. The van der Waals surface area contributed by atoms with Crippen LogP contribution in [-0.2, 0) is 10.3 Å². The third-order valence-electron chi connectivity index (χ3n) is 3.35. The molecule has 0 spiro atoms. The summed E-state index contributed by atoms with van der Waals surface area (Å²) in [6.07, 6.45) is 0. The lowest BCUT2D eigenvalue weighted by Crippen LogP contribution is -2.25. The average Bonchev–Trinajstić information content (AvgIpc) is 2.45. The quantitative estimate of drug-likeness (QED) is 0.482. The smallest absolute Gasteiger partial charge is 0.357 e. The molecule has 2 aromatic rings. The van der Waals surface area contributed by atoms with Gasteiger partial charge in [0.25, 0.3) is 0 Å². The van der Waals surface area contributed by atoms with Crippen LogP contribution in [0.5, 0.6) is 0 Å². The topological polar surface area (TPSA) is 127 Å². The lowest BCUT2D eigenvalue weighted by Gasteiger charge is -2.21. The first-order valence-corrected chi connectivity index (χ1v) is 7.60. The Morgan fingerprint density at radius 2 is 1.45 bits per heavy atom. The molecule has 1 aliphatic rings. The third kappa shape index (κ3) is 2.14. The minimum absolute atomic E-state index is 0.0590. The van der Waals surface area contributed by atoms with Crippen molar-refractivity contribution in [3.63, 3.8) is 0 Å². The molecule has 0 amide bonds. The van der Waals surface area contributed by atoms with E-state index < -0.39 is 21.9 Å². The molecule has 112 valence electrons. The van der Waals surface area contributed by atoms with E-state index in [-0.39, 0.29) is 33.6 Å². The fraction of sp³-hybridized carbons (Fsp3) is 0. The van der Waals surface area contributed by atoms with Crippen molar-refractivity contribution in [3.8, 4) is 0 Å². The summed E-state index contributed by atoms with van der Waals surface area (Å²) in [6.45, 7) is 0. The highest BCUT2D eigenvalue weighted by molar-refractivity contribution is 7.87. The number of carbonyl (C=O) groups excluding carboxylic acids is 2. The standard InChI is InChI=1S/C14H10N2O5S/c15-9-5-6-10(16-22(19,20)21)12-11(9)13(17)7-3-1-2-4-8(7)14(12)18/h1-6,16H,15H2,(H,19,20,21). The predicted molar refractivity (Wildman–Crippen MR) is 79.3 cm³/mol. The first-order chi connectivity index (χ1) is 10.3. The van der Waals surface area contributed by atoms with Crippen molar-refractivity contribution in [2.24, 2.45) is 0 Å². The number of anilines is 2. The first-order valence-electron chi connectivity index (χ1n) is 6.15. The van der Waals surface area contributed by atoms with Crippen LogP contribution < -0.4 is 10.5 Å². The number of hydrogen-bond acceptors (Lipinski definition) is 5. The molecule has 0 atom stereocenters. The van der Waals surface area contributed by atoms with Crippen molar-refractivity contribution in [1.82, 2.24) is 0 Å². The highest BCUT2D eigenvalue weighted by Crippen LogP contribution is 2.35. The summed E-state index contributed by atoms with van der Waals surface area (Å²) < 4.78 is 32.8. The van der Waals surface area contributed by atoms with Crippen molar-refractivity contribution >= 4 is 33.2 Å². The van der Waals surface area contributed by atoms with E-state index in [0.29, 0.717) is 0 Å². The van der Waals surface area contributed by atoms with Gasteiger partial charge in [-0.2, -0.15) is 8.42 Å². The number of fused-ring (bicyclic) bond motifs is 2. The van der Waals surface area contributed by atoms with Gasteiger partial charge in [0.2, 0.25) is 0 Å². The SMILES string of the molecule is Nc1ccc(NS(=O)(=O)O)c2c1C(=O)c1ccccc1C2=O. The van der Waals surface area contributed by atoms with Gasteiger partial charge in [-0.3, -0.25) is 18.9 Å². The maximum absolute atomic E-state index is 12.6. The monoisotopic (exact) mass is 318 g/mol. The van der Waals surface area contributed by atoms with E-state index in [4.69, 9.17) is 10.3 Å². The molecule has 0 heterocycles. The van der Waals surface area contributed by atoms with Gasteiger partial charge in [0, 0.05) is 16.8 Å². The van der Waals surface area contributed by atoms with Gasteiger partial charge >= 0.3 is 10.3 Å². The van der Waals surface area contributed by atoms with Gasteiger partial charge in [-0.25, -0.2) is 0 Å². The number of rotatable bonds is 2. The summed E-state index contributed by atoms with van der Waals surface area (Å²) in [6, 6.07) is 8.70. The second-order valence-electron chi connectivity index (χ2n) is 4.73. The van der Waals surface area contributed by atoms with Gasteiger partial charge in [-0.15, -0.1) is 0 Å². The molecule has 0 bridgehead atoms. The summed E-state index contributed by atoms with van der Waals surface area (Å²) >= 11 is 0. The minimum Gasteiger partial charge on any atom is -0.398 e. The Kier molecular flexibility index (Phi) is 3.01. The number of ketones is 2. The number of carbonyl (C=O) groups is 2. The molecule has 3 rings (SSSR count). The number of benzene rings is 2. The van der Waals surface area contributed by atoms with Gasteiger partial charge < -0.3 is 5.73 Å². The summed E-state index contributed by atoms with van der Waals surface area (Å²) in [4.78, 5) is 25.1. The van der Waals surface area contributed by atoms with Crippen LogP contribution >= 0.6 is 0 Å². The largest absolute Gasteiger partial charge is 0.398 e. The van der Waals surface area contributed by atoms with Crippen LogP contribution in [0.3, 0.4) is 0 Å². The normalized spacial score (nSPS) is 13.5. The minimum atomic E-state index is -4.60. The molecule has 7 nitrogen and oxygen atoms in total. The Labute approximate surface area is 125 Å². The lowest BCUT2D eigenvalue weighted by molar-refractivity contribution is 0.0980. The van der Waals surface area contributed by atoms with Gasteiger partial charge in [-0.1, -0.05) is 24.3 Å². The molecule has 4 N–H and O–H groups in total. The molecule has 0 unspecified atom stereocenters. The fourth-order valence-electron chi connectivity index (χ4n) is 2.47. The zero-order chi connectivity index (χ0) is 16.1. The Balaban J connectivity index is 2.32. The first kappa shape index (κ1) is 14.2. The number of nitrogens with two attached hydrogens (primary N) is 1. The van der Waals surface area contributed by atoms with Crippen LogP contribution in [0.2, 0.25) is 0 Å². The van der Waals surface area contributed by atoms with Crippen LogP contribution in [0.15, 0.2) is 36.4 Å². The maximum Gasteiger partial charge on any atom is 0.357 e. The fourth-order valence-corrected chi connectivity index (χ4v) is 2.92. The lowest BCUT2D eigenvalue weighted by atomic mass is 9.82. The molecule has 0 radical (unpaired) electrons. The van der Waals surface area contributed by atoms with Crippen LogP contribution in [-0.4, -0.2) is 24.5 Å². The van der Waals surface area contributed by atoms with Crippen molar-refractivity contribution in [2.45, 2.75) is 0 Å². The third-order valence-corrected chi connectivity index (χ3v) is 3.82. The van der Waals surface area contributed by atoms with E-state index in [1.165, 1.54) is 24.3 Å². The van der Waals surface area contributed by atoms with E-state index in [1.807, 2.05) is 4.72 Å². The van der Waals surface area contributed by atoms with Gasteiger partial charge in [-0.05, 0) is 12.1 Å². The van der Waals surface area contributed by atoms with Gasteiger partial charge in [0.1, 0.15) is 0 Å². The van der Waals surface area contributed by atoms with Crippen molar-refractivity contribution in [3.05, 3.63) is 58.7 Å². The molecule has 8 heteroatoms. The summed E-state index contributed by atoms with van der Waals surface area (Å²) in [5, 5.41) is 0. The highest BCUT2D eigenvalue weighted by atomic mass is 32.2. The van der Waals surface area contributed by atoms with Crippen LogP contribution in [0.25, 0.3) is 0 Å². The molecule has 0 aliphatic heterocycles. The van der Waals surface area contributed by atoms with Crippen LogP contribution in [0.4, 0.5) is 11.4 Å². The van der Waals surface area contributed by atoms with Crippen molar-refractivity contribution in [2.75, 3.05) is 10.5 Å². The zero-order valence-corrected chi connectivity index (χ0v) is 11.8. The maximum atomic E-state index is 12.6. The molecule has 1 aliphatic carbocycles.